The van der Waals surface area contributed by atoms with Crippen LogP contribution in [0.2, 0.25) is 0 Å². The van der Waals surface area contributed by atoms with Crippen molar-refractivity contribution in [1.82, 2.24) is 15.2 Å². The van der Waals surface area contributed by atoms with Gasteiger partial charge < -0.3 is 5.32 Å². The molecule has 0 aliphatic heterocycles. The Hall–Kier alpha value is -3.00. The van der Waals surface area contributed by atoms with Gasteiger partial charge in [-0.15, -0.1) is 10.2 Å². The largest absolute Gasteiger partial charge is 0.351 e. The zero-order valence-corrected chi connectivity index (χ0v) is 10.8. The van der Waals surface area contributed by atoms with Crippen LogP contribution in [0.15, 0.2) is 42.7 Å². The second kappa shape index (κ2) is 4.94. The summed E-state index contributed by atoms with van der Waals surface area (Å²) < 4.78 is 0. The highest BCUT2D eigenvalue weighted by Crippen LogP contribution is 2.27. The van der Waals surface area contributed by atoms with E-state index in [0.717, 1.165) is 22.2 Å². The van der Waals surface area contributed by atoms with Gasteiger partial charge in [0.1, 0.15) is 6.07 Å². The van der Waals surface area contributed by atoms with Crippen LogP contribution in [0, 0.1) is 18.3 Å². The molecule has 0 saturated heterocycles. The number of nitrogens with one attached hydrogen (secondary N) is 1. The Labute approximate surface area is 115 Å². The molecule has 3 rings (SSSR count). The number of anilines is 2. The highest BCUT2D eigenvalue weighted by atomic mass is 15.1. The SMILES string of the molecule is Cc1ccc2nnc(C#N)c(Nc3cccnc3)c2c1. The Kier molecular flexibility index (Phi) is 2.98. The first-order chi connectivity index (χ1) is 9.78. The summed E-state index contributed by atoms with van der Waals surface area (Å²) >= 11 is 0. The van der Waals surface area contributed by atoms with Gasteiger partial charge in [-0.25, -0.2) is 0 Å². The van der Waals surface area contributed by atoms with E-state index in [4.69, 9.17) is 0 Å². The average Bonchev–Trinajstić information content (AvgIpc) is 2.49. The van der Waals surface area contributed by atoms with Gasteiger partial charge in [0.25, 0.3) is 0 Å². The van der Waals surface area contributed by atoms with E-state index in [0.29, 0.717) is 5.69 Å². The van der Waals surface area contributed by atoms with E-state index in [9.17, 15) is 5.26 Å². The number of fused-ring (bicyclic) bond motifs is 1. The molecule has 1 aromatic carbocycles. The maximum Gasteiger partial charge on any atom is 0.187 e. The Bertz CT molecular complexity index is 806. The molecular formula is C15H11N5. The minimum absolute atomic E-state index is 0.270. The first-order valence-electron chi connectivity index (χ1n) is 6.12. The number of aryl methyl sites for hydroxylation is 1. The minimum atomic E-state index is 0.270. The van der Waals surface area contributed by atoms with Crippen LogP contribution in [0.3, 0.4) is 0 Å². The molecule has 2 heterocycles. The number of nitrogens with zero attached hydrogens (tertiary/aromatic N) is 4. The van der Waals surface area contributed by atoms with E-state index in [1.165, 1.54) is 0 Å². The van der Waals surface area contributed by atoms with Gasteiger partial charge in [-0.05, 0) is 31.2 Å². The normalized spacial score (nSPS) is 10.2. The fourth-order valence-corrected chi connectivity index (χ4v) is 2.00. The van der Waals surface area contributed by atoms with Crippen molar-refractivity contribution in [2.45, 2.75) is 6.92 Å². The first-order valence-corrected chi connectivity index (χ1v) is 6.12. The summed E-state index contributed by atoms with van der Waals surface area (Å²) in [4.78, 5) is 4.05. The molecule has 0 bridgehead atoms. The van der Waals surface area contributed by atoms with Crippen molar-refractivity contribution in [2.75, 3.05) is 5.32 Å². The standard InChI is InChI=1S/C15H11N5/c1-10-4-5-13-12(7-10)15(14(8-16)20-19-13)18-11-3-2-6-17-9-11/h2-7,9H,1H3,(H,18,19). The molecule has 20 heavy (non-hydrogen) atoms. The van der Waals surface area contributed by atoms with Gasteiger partial charge in [0.05, 0.1) is 23.1 Å². The molecular weight excluding hydrogens is 250 g/mol. The Morgan fingerprint density at radius 2 is 2.10 bits per heavy atom. The predicted molar refractivity (Wildman–Crippen MR) is 76.5 cm³/mol. The third-order valence-electron chi connectivity index (χ3n) is 2.95. The zero-order chi connectivity index (χ0) is 13.9. The number of aromatic nitrogens is 3. The lowest BCUT2D eigenvalue weighted by atomic mass is 10.1. The van der Waals surface area contributed by atoms with Crippen LogP contribution in [0.1, 0.15) is 11.3 Å². The van der Waals surface area contributed by atoms with Gasteiger partial charge in [0.2, 0.25) is 0 Å². The van der Waals surface area contributed by atoms with Crippen LogP contribution >= 0.6 is 0 Å². The molecule has 0 aliphatic carbocycles. The third kappa shape index (κ3) is 2.15. The van der Waals surface area contributed by atoms with Crippen LogP contribution in [0.25, 0.3) is 10.9 Å². The van der Waals surface area contributed by atoms with Gasteiger partial charge in [0, 0.05) is 11.6 Å². The molecule has 3 aromatic rings. The summed E-state index contributed by atoms with van der Waals surface area (Å²) in [5.41, 5.74) is 3.59. The van der Waals surface area contributed by atoms with E-state index < -0.39 is 0 Å². The fourth-order valence-electron chi connectivity index (χ4n) is 2.00. The van der Waals surface area contributed by atoms with Gasteiger partial charge in [0.15, 0.2) is 5.69 Å². The van der Waals surface area contributed by atoms with Crippen molar-refractivity contribution >= 4 is 22.3 Å². The zero-order valence-electron chi connectivity index (χ0n) is 10.8. The molecule has 1 N–H and O–H groups in total. The van der Waals surface area contributed by atoms with E-state index in [1.54, 1.807) is 12.4 Å². The van der Waals surface area contributed by atoms with Gasteiger partial charge >= 0.3 is 0 Å². The van der Waals surface area contributed by atoms with E-state index in [2.05, 4.69) is 26.6 Å². The van der Waals surface area contributed by atoms with Crippen molar-refractivity contribution < 1.29 is 0 Å². The lowest BCUT2D eigenvalue weighted by molar-refractivity contribution is 1.05. The summed E-state index contributed by atoms with van der Waals surface area (Å²) in [6, 6.07) is 11.6. The number of benzene rings is 1. The second-order valence-corrected chi connectivity index (χ2v) is 4.42. The van der Waals surface area contributed by atoms with E-state index in [-0.39, 0.29) is 5.69 Å². The Morgan fingerprint density at radius 3 is 2.85 bits per heavy atom. The topological polar surface area (TPSA) is 74.5 Å². The van der Waals surface area contributed by atoms with Crippen molar-refractivity contribution in [1.29, 1.82) is 5.26 Å². The van der Waals surface area contributed by atoms with Gasteiger partial charge in [-0.3, -0.25) is 4.98 Å². The highest BCUT2D eigenvalue weighted by molar-refractivity contribution is 5.95. The average molecular weight is 261 g/mol. The highest BCUT2D eigenvalue weighted by Gasteiger charge is 2.11. The summed E-state index contributed by atoms with van der Waals surface area (Å²) in [5.74, 6) is 0. The molecule has 0 aliphatic rings. The van der Waals surface area contributed by atoms with Crippen molar-refractivity contribution in [2.24, 2.45) is 0 Å². The predicted octanol–water partition coefficient (Wildman–Crippen LogP) is 2.95. The van der Waals surface area contributed by atoms with Crippen molar-refractivity contribution in [3.05, 3.63) is 54.0 Å². The Morgan fingerprint density at radius 1 is 1.20 bits per heavy atom. The molecule has 0 unspecified atom stereocenters. The monoisotopic (exact) mass is 261 g/mol. The van der Waals surface area contributed by atoms with Crippen molar-refractivity contribution in [3.63, 3.8) is 0 Å². The molecule has 5 nitrogen and oxygen atoms in total. The molecule has 2 aromatic heterocycles. The van der Waals surface area contributed by atoms with E-state index >= 15 is 0 Å². The lowest BCUT2D eigenvalue weighted by Gasteiger charge is -2.10. The van der Waals surface area contributed by atoms with Gasteiger partial charge in [-0.1, -0.05) is 11.6 Å². The summed E-state index contributed by atoms with van der Waals surface area (Å²) in [7, 11) is 0. The maximum absolute atomic E-state index is 9.22. The second-order valence-electron chi connectivity index (χ2n) is 4.42. The number of nitriles is 1. The smallest absolute Gasteiger partial charge is 0.187 e. The Balaban J connectivity index is 2.21. The summed E-state index contributed by atoms with van der Waals surface area (Å²) in [6.07, 6.45) is 3.40. The number of hydrogen-bond acceptors (Lipinski definition) is 5. The van der Waals surface area contributed by atoms with E-state index in [1.807, 2.05) is 37.3 Å². The van der Waals surface area contributed by atoms with Crippen LogP contribution in [-0.4, -0.2) is 15.2 Å². The molecule has 0 amide bonds. The van der Waals surface area contributed by atoms with Crippen LogP contribution in [0.4, 0.5) is 11.4 Å². The summed E-state index contributed by atoms with van der Waals surface area (Å²) in [5, 5.41) is 21.3. The molecule has 0 radical (unpaired) electrons. The van der Waals surface area contributed by atoms with Crippen LogP contribution in [0.5, 0.6) is 0 Å². The quantitative estimate of drug-likeness (QED) is 0.767. The van der Waals surface area contributed by atoms with Crippen molar-refractivity contribution in [3.8, 4) is 6.07 Å². The molecule has 0 saturated carbocycles. The lowest BCUT2D eigenvalue weighted by Crippen LogP contribution is -2.00. The molecule has 0 fully saturated rings. The third-order valence-corrected chi connectivity index (χ3v) is 2.95. The first kappa shape index (κ1) is 12.1. The number of pyridine rings is 1. The maximum atomic E-state index is 9.22. The minimum Gasteiger partial charge on any atom is -0.351 e. The molecule has 0 spiro atoms. The number of hydrogen-bond donors (Lipinski definition) is 1. The van der Waals surface area contributed by atoms with Gasteiger partial charge in [-0.2, -0.15) is 5.26 Å². The number of rotatable bonds is 2. The molecule has 5 heteroatoms. The fraction of sp³-hybridized carbons (Fsp3) is 0.0667. The summed E-state index contributed by atoms with van der Waals surface area (Å²) in [6.45, 7) is 2.00. The molecule has 96 valence electrons. The van der Waals surface area contributed by atoms with Crippen LogP contribution < -0.4 is 5.32 Å². The van der Waals surface area contributed by atoms with Crippen LogP contribution in [-0.2, 0) is 0 Å². The molecule has 0 atom stereocenters.